The van der Waals surface area contributed by atoms with Crippen LogP contribution in [0.25, 0.3) is 0 Å². The van der Waals surface area contributed by atoms with Crippen LogP contribution >= 0.6 is 0 Å². The van der Waals surface area contributed by atoms with Gasteiger partial charge in [0.05, 0.1) is 11.4 Å². The van der Waals surface area contributed by atoms with Gasteiger partial charge in [0.2, 0.25) is 0 Å². The Balaban J connectivity index is 2.29. The molecule has 0 saturated carbocycles. The first-order valence-corrected chi connectivity index (χ1v) is 6.46. The molecule has 0 radical (unpaired) electrons. The van der Waals surface area contributed by atoms with E-state index in [-0.39, 0.29) is 6.61 Å². The fourth-order valence-electron chi connectivity index (χ4n) is 2.82. The van der Waals surface area contributed by atoms with Gasteiger partial charge in [0.1, 0.15) is 0 Å². The predicted octanol–water partition coefficient (Wildman–Crippen LogP) is 2.32. The van der Waals surface area contributed by atoms with E-state index in [9.17, 15) is 0 Å². The highest BCUT2D eigenvalue weighted by molar-refractivity contribution is 5.71. The van der Waals surface area contributed by atoms with E-state index in [0.717, 1.165) is 25.1 Å². The normalized spacial score (nSPS) is 20.6. The number of nitrogen functional groups attached to an aromatic ring is 1. The molecule has 0 aliphatic carbocycles. The molecule has 3 N–H and O–H groups in total. The monoisotopic (exact) mass is 234 g/mol. The van der Waals surface area contributed by atoms with E-state index >= 15 is 0 Å². The van der Waals surface area contributed by atoms with Crippen LogP contribution in [0.15, 0.2) is 18.2 Å². The Hall–Kier alpha value is -1.22. The second kappa shape index (κ2) is 5.41. The van der Waals surface area contributed by atoms with E-state index in [1.54, 1.807) is 0 Å². The molecular formula is C14H22N2O. The number of para-hydroxylation sites is 1. The first-order chi connectivity index (χ1) is 8.24. The fraction of sp³-hybridized carbons (Fsp3) is 0.571. The zero-order valence-electron chi connectivity index (χ0n) is 10.5. The lowest BCUT2D eigenvalue weighted by Crippen LogP contribution is -2.40. The summed E-state index contributed by atoms with van der Waals surface area (Å²) in [5.74, 6) is 0. The Morgan fingerprint density at radius 2 is 2.24 bits per heavy atom. The quantitative estimate of drug-likeness (QED) is 0.789. The summed E-state index contributed by atoms with van der Waals surface area (Å²) in [6, 6.07) is 6.51. The standard InChI is InChI=1S/C14H22N2O/c1-11-5-4-7-13(15)14(11)16-9-3-2-6-12(16)8-10-17/h4-5,7,12,17H,2-3,6,8-10,15H2,1H3. The van der Waals surface area contributed by atoms with Gasteiger partial charge in [-0.15, -0.1) is 0 Å². The zero-order chi connectivity index (χ0) is 12.3. The maximum absolute atomic E-state index is 9.16. The van der Waals surface area contributed by atoms with E-state index in [1.807, 2.05) is 12.1 Å². The number of piperidine rings is 1. The van der Waals surface area contributed by atoms with Crippen LogP contribution in [0.4, 0.5) is 11.4 Å². The van der Waals surface area contributed by atoms with Gasteiger partial charge in [-0.2, -0.15) is 0 Å². The van der Waals surface area contributed by atoms with Crippen molar-refractivity contribution in [3.8, 4) is 0 Å². The van der Waals surface area contributed by atoms with Gasteiger partial charge in [0.25, 0.3) is 0 Å². The number of aliphatic hydroxyl groups is 1. The van der Waals surface area contributed by atoms with Gasteiger partial charge >= 0.3 is 0 Å². The van der Waals surface area contributed by atoms with Crippen LogP contribution in [0.3, 0.4) is 0 Å². The first-order valence-electron chi connectivity index (χ1n) is 6.46. The van der Waals surface area contributed by atoms with Gasteiger partial charge < -0.3 is 15.7 Å². The van der Waals surface area contributed by atoms with Gasteiger partial charge in [0, 0.05) is 19.2 Å². The maximum atomic E-state index is 9.16. The number of aliphatic hydroxyl groups excluding tert-OH is 1. The van der Waals surface area contributed by atoms with Crippen LogP contribution in [0.2, 0.25) is 0 Å². The number of nitrogens with zero attached hydrogens (tertiary/aromatic N) is 1. The van der Waals surface area contributed by atoms with Crippen LogP contribution in [-0.2, 0) is 0 Å². The molecule has 1 aromatic rings. The van der Waals surface area contributed by atoms with Gasteiger partial charge in [-0.3, -0.25) is 0 Å². The summed E-state index contributed by atoms with van der Waals surface area (Å²) in [5, 5.41) is 9.16. The molecule has 1 fully saturated rings. The second-order valence-electron chi connectivity index (χ2n) is 4.87. The number of rotatable bonds is 3. The summed E-state index contributed by atoms with van der Waals surface area (Å²) in [7, 11) is 0. The van der Waals surface area contributed by atoms with Crippen molar-refractivity contribution < 1.29 is 5.11 Å². The van der Waals surface area contributed by atoms with Crippen LogP contribution in [-0.4, -0.2) is 24.3 Å². The largest absolute Gasteiger partial charge is 0.397 e. The highest BCUT2D eigenvalue weighted by atomic mass is 16.3. The number of hydrogen-bond donors (Lipinski definition) is 2. The zero-order valence-corrected chi connectivity index (χ0v) is 10.5. The van der Waals surface area contributed by atoms with Crippen molar-refractivity contribution in [2.24, 2.45) is 0 Å². The number of hydrogen-bond acceptors (Lipinski definition) is 3. The molecule has 17 heavy (non-hydrogen) atoms. The second-order valence-corrected chi connectivity index (χ2v) is 4.87. The lowest BCUT2D eigenvalue weighted by Gasteiger charge is -2.39. The van der Waals surface area contributed by atoms with Crippen molar-refractivity contribution in [1.29, 1.82) is 0 Å². The van der Waals surface area contributed by atoms with Gasteiger partial charge in [-0.05, 0) is 44.2 Å². The first kappa shape index (κ1) is 12.2. The lowest BCUT2D eigenvalue weighted by atomic mass is 9.97. The topological polar surface area (TPSA) is 49.5 Å². The number of aryl methyl sites for hydroxylation is 1. The summed E-state index contributed by atoms with van der Waals surface area (Å²) in [6.45, 7) is 3.42. The molecule has 2 rings (SSSR count). The molecule has 1 unspecified atom stereocenters. The predicted molar refractivity (Wildman–Crippen MR) is 72.3 cm³/mol. The maximum Gasteiger partial charge on any atom is 0.0632 e. The molecule has 1 aliphatic heterocycles. The SMILES string of the molecule is Cc1cccc(N)c1N1CCCCC1CCO. The molecule has 3 nitrogen and oxygen atoms in total. The van der Waals surface area contributed by atoms with Crippen LogP contribution in [0.5, 0.6) is 0 Å². The van der Waals surface area contributed by atoms with E-state index in [2.05, 4.69) is 17.9 Å². The number of nitrogens with two attached hydrogens (primary N) is 1. The van der Waals surface area contributed by atoms with Crippen LogP contribution in [0, 0.1) is 6.92 Å². The van der Waals surface area contributed by atoms with Gasteiger partial charge in [-0.1, -0.05) is 12.1 Å². The molecule has 1 aromatic carbocycles. The molecule has 1 aliphatic rings. The third kappa shape index (κ3) is 2.55. The molecule has 1 heterocycles. The third-order valence-corrected chi connectivity index (χ3v) is 3.65. The Bertz CT molecular complexity index is 356. The molecule has 1 saturated heterocycles. The number of benzene rings is 1. The average Bonchev–Trinajstić information content (AvgIpc) is 2.31. The fourth-order valence-corrected chi connectivity index (χ4v) is 2.82. The van der Waals surface area contributed by atoms with E-state index in [0.29, 0.717) is 6.04 Å². The summed E-state index contributed by atoms with van der Waals surface area (Å²) in [4.78, 5) is 2.39. The van der Waals surface area contributed by atoms with Crippen molar-refractivity contribution in [3.05, 3.63) is 23.8 Å². The van der Waals surface area contributed by atoms with E-state index in [4.69, 9.17) is 10.8 Å². The Kier molecular flexibility index (Phi) is 3.89. The van der Waals surface area contributed by atoms with Crippen molar-refractivity contribution in [3.63, 3.8) is 0 Å². The molecule has 3 heteroatoms. The Morgan fingerprint density at radius 1 is 1.41 bits per heavy atom. The summed E-state index contributed by atoms with van der Waals surface area (Å²) < 4.78 is 0. The Morgan fingerprint density at radius 3 is 2.94 bits per heavy atom. The highest BCUT2D eigenvalue weighted by Gasteiger charge is 2.24. The van der Waals surface area contributed by atoms with Crippen molar-refractivity contribution in [2.45, 2.75) is 38.6 Å². The smallest absolute Gasteiger partial charge is 0.0632 e. The van der Waals surface area contributed by atoms with Crippen molar-refractivity contribution in [2.75, 3.05) is 23.8 Å². The summed E-state index contributed by atoms with van der Waals surface area (Å²) in [6.07, 6.45) is 4.48. The summed E-state index contributed by atoms with van der Waals surface area (Å²) >= 11 is 0. The minimum Gasteiger partial charge on any atom is -0.397 e. The Labute approximate surface area is 103 Å². The van der Waals surface area contributed by atoms with E-state index in [1.165, 1.54) is 24.1 Å². The molecule has 0 spiro atoms. The molecule has 0 aromatic heterocycles. The molecular weight excluding hydrogens is 212 g/mol. The van der Waals surface area contributed by atoms with Crippen LogP contribution in [0.1, 0.15) is 31.2 Å². The van der Waals surface area contributed by atoms with E-state index < -0.39 is 0 Å². The lowest BCUT2D eigenvalue weighted by molar-refractivity contribution is 0.262. The molecule has 0 bridgehead atoms. The van der Waals surface area contributed by atoms with Crippen molar-refractivity contribution in [1.82, 2.24) is 0 Å². The molecule has 0 amide bonds. The van der Waals surface area contributed by atoms with Crippen LogP contribution < -0.4 is 10.6 Å². The number of anilines is 2. The van der Waals surface area contributed by atoms with Gasteiger partial charge in [0.15, 0.2) is 0 Å². The third-order valence-electron chi connectivity index (χ3n) is 3.65. The van der Waals surface area contributed by atoms with Crippen molar-refractivity contribution >= 4 is 11.4 Å². The average molecular weight is 234 g/mol. The minimum absolute atomic E-state index is 0.257. The highest BCUT2D eigenvalue weighted by Crippen LogP contribution is 2.33. The summed E-state index contributed by atoms with van der Waals surface area (Å²) in [5.41, 5.74) is 9.37. The minimum atomic E-state index is 0.257. The molecule has 94 valence electrons. The van der Waals surface area contributed by atoms with Gasteiger partial charge in [-0.25, -0.2) is 0 Å². The molecule has 1 atom stereocenters.